The Morgan fingerprint density at radius 3 is 2.39 bits per heavy atom. The van der Waals surface area contributed by atoms with E-state index in [-0.39, 0.29) is 6.04 Å². The van der Waals surface area contributed by atoms with Crippen molar-refractivity contribution in [2.24, 2.45) is 0 Å². The van der Waals surface area contributed by atoms with Crippen LogP contribution in [0.2, 0.25) is 15.1 Å². The molecule has 0 amide bonds. The van der Waals surface area contributed by atoms with Crippen LogP contribution in [0.3, 0.4) is 0 Å². The number of hydrogen-bond acceptors (Lipinski definition) is 2. The minimum absolute atomic E-state index is 0.0333. The molecule has 2 rings (SSSR count). The summed E-state index contributed by atoms with van der Waals surface area (Å²) >= 11 is 19.9. The SMILES string of the molecule is CNC(c1ccc(Cl)c(Cl)c1)c1scc(C)c1Cl. The molecule has 0 radical (unpaired) electrons. The Balaban J connectivity index is 2.45. The van der Waals surface area contributed by atoms with E-state index in [1.165, 1.54) is 0 Å². The number of hydrogen-bond donors (Lipinski definition) is 1. The molecule has 18 heavy (non-hydrogen) atoms. The summed E-state index contributed by atoms with van der Waals surface area (Å²) in [6.07, 6.45) is 0. The van der Waals surface area contributed by atoms with Gasteiger partial charge in [0.1, 0.15) is 0 Å². The van der Waals surface area contributed by atoms with Crippen molar-refractivity contribution in [2.75, 3.05) is 7.05 Å². The summed E-state index contributed by atoms with van der Waals surface area (Å²) in [7, 11) is 1.90. The number of rotatable bonds is 3. The molecule has 0 saturated carbocycles. The summed E-state index contributed by atoms with van der Waals surface area (Å²) in [6, 6.07) is 5.67. The van der Waals surface area contributed by atoms with Crippen molar-refractivity contribution in [3.63, 3.8) is 0 Å². The molecular weight excluding hydrogens is 309 g/mol. The third-order valence-corrected chi connectivity index (χ3v) is 5.27. The van der Waals surface area contributed by atoms with E-state index in [0.717, 1.165) is 21.0 Å². The van der Waals surface area contributed by atoms with E-state index in [9.17, 15) is 0 Å². The van der Waals surface area contributed by atoms with Crippen LogP contribution in [0, 0.1) is 6.92 Å². The standard InChI is InChI=1S/C13H12Cl3NS/c1-7-6-18-13(11(7)16)12(17-2)8-3-4-9(14)10(15)5-8/h3-6,12,17H,1-2H3. The van der Waals surface area contributed by atoms with Crippen LogP contribution in [0.4, 0.5) is 0 Å². The van der Waals surface area contributed by atoms with Gasteiger partial charge in [0.05, 0.1) is 21.1 Å². The van der Waals surface area contributed by atoms with E-state index < -0.39 is 0 Å². The van der Waals surface area contributed by atoms with Crippen molar-refractivity contribution < 1.29 is 0 Å². The number of benzene rings is 1. The van der Waals surface area contributed by atoms with Gasteiger partial charge in [-0.2, -0.15) is 0 Å². The largest absolute Gasteiger partial charge is 0.309 e. The van der Waals surface area contributed by atoms with E-state index in [4.69, 9.17) is 34.8 Å². The molecule has 1 unspecified atom stereocenters. The van der Waals surface area contributed by atoms with Gasteiger partial charge in [0.15, 0.2) is 0 Å². The molecule has 0 aliphatic carbocycles. The fraction of sp³-hybridized carbons (Fsp3) is 0.231. The summed E-state index contributed by atoms with van der Waals surface area (Å²) in [5.74, 6) is 0. The molecule has 0 saturated heterocycles. The van der Waals surface area contributed by atoms with E-state index in [2.05, 4.69) is 10.7 Å². The highest BCUT2D eigenvalue weighted by Gasteiger charge is 2.19. The molecule has 1 nitrogen and oxygen atoms in total. The van der Waals surface area contributed by atoms with Crippen molar-refractivity contribution >= 4 is 46.1 Å². The average molecular weight is 321 g/mol. The Morgan fingerprint density at radius 2 is 1.89 bits per heavy atom. The molecule has 0 aliphatic heterocycles. The maximum absolute atomic E-state index is 6.31. The van der Waals surface area contributed by atoms with Gasteiger partial charge in [-0.25, -0.2) is 0 Å². The summed E-state index contributed by atoms with van der Waals surface area (Å²) in [4.78, 5) is 1.09. The highest BCUT2D eigenvalue weighted by molar-refractivity contribution is 7.10. The zero-order valence-electron chi connectivity index (χ0n) is 9.93. The Morgan fingerprint density at radius 1 is 1.17 bits per heavy atom. The highest BCUT2D eigenvalue weighted by atomic mass is 35.5. The van der Waals surface area contributed by atoms with Gasteiger partial charge in [-0.1, -0.05) is 40.9 Å². The second kappa shape index (κ2) is 5.81. The molecule has 96 valence electrons. The average Bonchev–Trinajstić information content (AvgIpc) is 2.67. The second-order valence-electron chi connectivity index (χ2n) is 3.99. The van der Waals surface area contributed by atoms with E-state index in [0.29, 0.717) is 10.0 Å². The number of aryl methyl sites for hydroxylation is 1. The van der Waals surface area contributed by atoms with Gasteiger partial charge in [0.2, 0.25) is 0 Å². The van der Waals surface area contributed by atoms with Crippen LogP contribution in [-0.2, 0) is 0 Å². The Hall–Kier alpha value is -0.250. The minimum Gasteiger partial charge on any atom is -0.309 e. The van der Waals surface area contributed by atoms with Crippen molar-refractivity contribution in [2.45, 2.75) is 13.0 Å². The van der Waals surface area contributed by atoms with Gasteiger partial charge in [-0.3, -0.25) is 0 Å². The Bertz CT molecular complexity index is 565. The summed E-state index contributed by atoms with van der Waals surface area (Å²) < 4.78 is 0. The van der Waals surface area contributed by atoms with Crippen LogP contribution in [0.15, 0.2) is 23.6 Å². The fourth-order valence-electron chi connectivity index (χ4n) is 1.79. The van der Waals surface area contributed by atoms with Crippen LogP contribution in [0.1, 0.15) is 22.0 Å². The Kier molecular flexibility index (Phi) is 4.57. The molecule has 1 atom stereocenters. The van der Waals surface area contributed by atoms with Gasteiger partial charge < -0.3 is 5.32 Å². The smallest absolute Gasteiger partial charge is 0.0684 e. The molecule has 1 N–H and O–H groups in total. The minimum atomic E-state index is 0.0333. The maximum atomic E-state index is 6.31. The van der Waals surface area contributed by atoms with Gasteiger partial charge in [-0.15, -0.1) is 11.3 Å². The maximum Gasteiger partial charge on any atom is 0.0684 e. The predicted molar refractivity (Wildman–Crippen MR) is 81.4 cm³/mol. The topological polar surface area (TPSA) is 12.0 Å². The first kappa shape index (κ1) is 14.2. The molecule has 2 aromatic rings. The van der Waals surface area contributed by atoms with Crippen LogP contribution >= 0.6 is 46.1 Å². The molecule has 5 heteroatoms. The lowest BCUT2D eigenvalue weighted by Gasteiger charge is -2.16. The second-order valence-corrected chi connectivity index (χ2v) is 6.10. The van der Waals surface area contributed by atoms with Gasteiger partial charge in [-0.05, 0) is 42.6 Å². The van der Waals surface area contributed by atoms with Crippen molar-refractivity contribution in [3.05, 3.63) is 54.7 Å². The van der Waals surface area contributed by atoms with Gasteiger partial charge in [0, 0.05) is 4.88 Å². The van der Waals surface area contributed by atoms with Crippen LogP contribution in [-0.4, -0.2) is 7.05 Å². The molecule has 0 bridgehead atoms. The molecule has 1 aromatic heterocycles. The fourth-order valence-corrected chi connectivity index (χ4v) is 3.53. The number of halogens is 3. The lowest BCUT2D eigenvalue weighted by atomic mass is 10.1. The first-order valence-electron chi connectivity index (χ1n) is 5.40. The normalized spacial score (nSPS) is 12.7. The molecule has 0 aliphatic rings. The van der Waals surface area contributed by atoms with Crippen LogP contribution in [0.5, 0.6) is 0 Å². The quantitative estimate of drug-likeness (QED) is 0.806. The third kappa shape index (κ3) is 2.68. The van der Waals surface area contributed by atoms with Crippen LogP contribution in [0.25, 0.3) is 0 Å². The molecule has 0 fully saturated rings. The third-order valence-electron chi connectivity index (χ3n) is 2.75. The van der Waals surface area contributed by atoms with E-state index >= 15 is 0 Å². The number of thiophene rings is 1. The zero-order chi connectivity index (χ0) is 13.3. The molecular formula is C13H12Cl3NS. The molecule has 1 heterocycles. The lowest BCUT2D eigenvalue weighted by molar-refractivity contribution is 0.704. The van der Waals surface area contributed by atoms with Crippen molar-refractivity contribution in [3.8, 4) is 0 Å². The molecule has 1 aromatic carbocycles. The first-order chi connectivity index (χ1) is 8.54. The lowest BCUT2D eigenvalue weighted by Crippen LogP contribution is -2.16. The predicted octanol–water partition coefficient (Wildman–Crippen LogP) is 5.33. The van der Waals surface area contributed by atoms with Crippen LogP contribution < -0.4 is 5.32 Å². The number of nitrogens with one attached hydrogen (secondary N) is 1. The van der Waals surface area contributed by atoms with Crippen molar-refractivity contribution in [1.29, 1.82) is 0 Å². The zero-order valence-corrected chi connectivity index (χ0v) is 13.0. The first-order valence-corrected chi connectivity index (χ1v) is 7.41. The van der Waals surface area contributed by atoms with Crippen molar-refractivity contribution in [1.82, 2.24) is 5.32 Å². The Labute approximate surface area is 126 Å². The van der Waals surface area contributed by atoms with Gasteiger partial charge >= 0.3 is 0 Å². The van der Waals surface area contributed by atoms with E-state index in [1.807, 2.05) is 26.1 Å². The monoisotopic (exact) mass is 319 g/mol. The summed E-state index contributed by atoms with van der Waals surface area (Å²) in [5.41, 5.74) is 2.15. The summed E-state index contributed by atoms with van der Waals surface area (Å²) in [5, 5.41) is 7.24. The highest BCUT2D eigenvalue weighted by Crippen LogP contribution is 2.37. The van der Waals surface area contributed by atoms with E-state index in [1.54, 1.807) is 17.4 Å². The molecule has 0 spiro atoms. The van der Waals surface area contributed by atoms with Gasteiger partial charge in [0.25, 0.3) is 0 Å². The summed E-state index contributed by atoms with van der Waals surface area (Å²) in [6.45, 7) is 2.00.